The lowest BCUT2D eigenvalue weighted by Crippen LogP contribution is -2.41. The van der Waals surface area contributed by atoms with Gasteiger partial charge < -0.3 is 0 Å². The van der Waals surface area contributed by atoms with Gasteiger partial charge in [0.1, 0.15) is 6.04 Å². The molecular weight excluding hydrogens is 191 g/mol. The van der Waals surface area contributed by atoms with Crippen LogP contribution in [0.3, 0.4) is 0 Å². The zero-order chi connectivity index (χ0) is 10.6. The minimum absolute atomic E-state index is 0.287. The highest BCUT2D eigenvalue weighted by Crippen LogP contribution is 2.32. The Morgan fingerprint density at radius 1 is 1.29 bits per heavy atom. The molecule has 0 spiro atoms. The van der Waals surface area contributed by atoms with Gasteiger partial charge in [0.2, 0.25) is 0 Å². The zero-order valence-electron chi connectivity index (χ0n) is 8.61. The Kier molecular flexibility index (Phi) is 4.23. The molecule has 1 aliphatic rings. The Labute approximate surface area is 83.3 Å². The van der Waals surface area contributed by atoms with Crippen molar-refractivity contribution in [1.29, 1.82) is 0 Å². The molecule has 1 aliphatic heterocycles. The van der Waals surface area contributed by atoms with Crippen LogP contribution in [0.2, 0.25) is 0 Å². The molecule has 0 N–H and O–H groups in total. The second-order valence-electron chi connectivity index (χ2n) is 3.94. The quantitative estimate of drug-likeness (QED) is 0.643. The fourth-order valence-electron chi connectivity index (χ4n) is 2.03. The highest BCUT2D eigenvalue weighted by Gasteiger charge is 2.45. The van der Waals surface area contributed by atoms with Crippen LogP contribution in [0.1, 0.15) is 39.0 Å². The normalized spacial score (nSPS) is 24.4. The molecule has 4 heteroatoms. The van der Waals surface area contributed by atoms with Gasteiger partial charge in [0, 0.05) is 0 Å². The van der Waals surface area contributed by atoms with E-state index < -0.39 is 12.2 Å². The van der Waals surface area contributed by atoms with Gasteiger partial charge in [-0.1, -0.05) is 19.8 Å². The van der Waals surface area contributed by atoms with Crippen molar-refractivity contribution in [3.05, 3.63) is 0 Å². The second-order valence-corrected chi connectivity index (χ2v) is 3.94. The monoisotopic (exact) mass is 209 g/mol. The van der Waals surface area contributed by atoms with Crippen molar-refractivity contribution in [3.63, 3.8) is 0 Å². The van der Waals surface area contributed by atoms with E-state index in [2.05, 4.69) is 6.92 Å². The number of halogens is 3. The van der Waals surface area contributed by atoms with Crippen molar-refractivity contribution in [2.24, 2.45) is 0 Å². The van der Waals surface area contributed by atoms with E-state index >= 15 is 0 Å². The molecule has 1 saturated heterocycles. The van der Waals surface area contributed by atoms with Crippen LogP contribution >= 0.6 is 0 Å². The summed E-state index contributed by atoms with van der Waals surface area (Å²) in [5, 5.41) is 0. The standard InChI is InChI=1S/C10H18F3N/c1-2-3-4-7-14-8-5-6-9(14)10(11,12)13/h9H,2-8H2,1H3. The fraction of sp³-hybridized carbons (Fsp3) is 1.00. The van der Waals surface area contributed by atoms with Crippen molar-refractivity contribution in [3.8, 4) is 0 Å². The number of rotatable bonds is 4. The first kappa shape index (κ1) is 11.8. The lowest BCUT2D eigenvalue weighted by molar-refractivity contribution is -0.175. The van der Waals surface area contributed by atoms with Crippen LogP contribution < -0.4 is 0 Å². The highest BCUT2D eigenvalue weighted by molar-refractivity contribution is 4.84. The predicted molar refractivity (Wildman–Crippen MR) is 50.2 cm³/mol. The molecule has 14 heavy (non-hydrogen) atoms. The van der Waals surface area contributed by atoms with Crippen molar-refractivity contribution >= 4 is 0 Å². The van der Waals surface area contributed by atoms with Crippen molar-refractivity contribution < 1.29 is 13.2 Å². The Bertz CT molecular complexity index is 167. The van der Waals surface area contributed by atoms with E-state index in [4.69, 9.17) is 0 Å². The number of likely N-dealkylation sites (tertiary alicyclic amines) is 1. The Balaban J connectivity index is 2.36. The van der Waals surface area contributed by atoms with Gasteiger partial charge in [-0.2, -0.15) is 13.2 Å². The molecule has 1 atom stereocenters. The molecule has 0 aromatic heterocycles. The van der Waals surface area contributed by atoms with Crippen LogP contribution in [0, 0.1) is 0 Å². The van der Waals surface area contributed by atoms with E-state index in [0.29, 0.717) is 19.5 Å². The minimum atomic E-state index is -4.03. The Hall–Kier alpha value is -0.250. The van der Waals surface area contributed by atoms with E-state index in [0.717, 1.165) is 19.3 Å². The summed E-state index contributed by atoms with van der Waals surface area (Å²) in [5.41, 5.74) is 0. The maximum atomic E-state index is 12.5. The van der Waals surface area contributed by atoms with E-state index in [-0.39, 0.29) is 6.42 Å². The zero-order valence-corrected chi connectivity index (χ0v) is 8.61. The number of unbranched alkanes of at least 4 members (excludes halogenated alkanes) is 2. The molecular formula is C10H18F3N. The van der Waals surface area contributed by atoms with Crippen molar-refractivity contribution in [2.45, 2.75) is 51.2 Å². The van der Waals surface area contributed by atoms with E-state index in [1.54, 1.807) is 4.90 Å². The molecule has 0 radical (unpaired) electrons. The molecule has 0 amide bonds. The van der Waals surface area contributed by atoms with Crippen LogP contribution in [0.15, 0.2) is 0 Å². The molecule has 0 saturated carbocycles. The summed E-state index contributed by atoms with van der Waals surface area (Å²) in [4.78, 5) is 1.59. The lowest BCUT2D eigenvalue weighted by atomic mass is 10.2. The summed E-state index contributed by atoms with van der Waals surface area (Å²) in [7, 11) is 0. The number of hydrogen-bond donors (Lipinski definition) is 0. The van der Waals surface area contributed by atoms with Crippen LogP contribution in [0.4, 0.5) is 13.2 Å². The Morgan fingerprint density at radius 2 is 2.00 bits per heavy atom. The highest BCUT2D eigenvalue weighted by atomic mass is 19.4. The summed E-state index contributed by atoms with van der Waals surface area (Å²) in [6.45, 7) is 3.29. The number of alkyl halides is 3. The molecule has 0 aromatic carbocycles. The topological polar surface area (TPSA) is 3.24 Å². The van der Waals surface area contributed by atoms with Gasteiger partial charge in [0.25, 0.3) is 0 Å². The van der Waals surface area contributed by atoms with Gasteiger partial charge in [-0.25, -0.2) is 0 Å². The average molecular weight is 209 g/mol. The van der Waals surface area contributed by atoms with Gasteiger partial charge in [-0.15, -0.1) is 0 Å². The molecule has 0 aliphatic carbocycles. The summed E-state index contributed by atoms with van der Waals surface area (Å²) >= 11 is 0. The first-order chi connectivity index (χ1) is 6.55. The van der Waals surface area contributed by atoms with Gasteiger partial charge in [-0.05, 0) is 32.4 Å². The third kappa shape index (κ3) is 3.15. The molecule has 0 aromatic rings. The van der Waals surface area contributed by atoms with Crippen LogP contribution in [0.5, 0.6) is 0 Å². The molecule has 1 unspecified atom stereocenters. The summed E-state index contributed by atoms with van der Waals surface area (Å²) in [5.74, 6) is 0. The Morgan fingerprint density at radius 3 is 2.57 bits per heavy atom. The number of nitrogens with zero attached hydrogens (tertiary/aromatic N) is 1. The lowest BCUT2D eigenvalue weighted by Gasteiger charge is -2.26. The van der Waals surface area contributed by atoms with Crippen molar-refractivity contribution in [2.75, 3.05) is 13.1 Å². The summed E-state index contributed by atoms with van der Waals surface area (Å²) in [6, 6.07) is -1.17. The van der Waals surface area contributed by atoms with E-state index in [1.165, 1.54) is 0 Å². The third-order valence-corrected chi connectivity index (χ3v) is 2.79. The van der Waals surface area contributed by atoms with Crippen LogP contribution in [0.25, 0.3) is 0 Å². The summed E-state index contributed by atoms with van der Waals surface area (Å²) < 4.78 is 37.4. The molecule has 84 valence electrons. The molecule has 1 nitrogen and oxygen atoms in total. The smallest absolute Gasteiger partial charge is 0.292 e. The molecule has 1 rings (SSSR count). The van der Waals surface area contributed by atoms with Gasteiger partial charge >= 0.3 is 6.18 Å². The minimum Gasteiger partial charge on any atom is -0.292 e. The summed E-state index contributed by atoms with van der Waals surface area (Å²) in [6.07, 6.45) is -0.0661. The molecule has 1 heterocycles. The van der Waals surface area contributed by atoms with E-state index in [1.807, 2.05) is 0 Å². The number of hydrogen-bond acceptors (Lipinski definition) is 1. The maximum absolute atomic E-state index is 12.5. The fourth-order valence-corrected chi connectivity index (χ4v) is 2.03. The average Bonchev–Trinajstić information content (AvgIpc) is 2.52. The van der Waals surface area contributed by atoms with Crippen LogP contribution in [-0.2, 0) is 0 Å². The van der Waals surface area contributed by atoms with Gasteiger partial charge in [0.15, 0.2) is 0 Å². The largest absolute Gasteiger partial charge is 0.404 e. The van der Waals surface area contributed by atoms with Crippen LogP contribution in [-0.4, -0.2) is 30.2 Å². The molecule has 1 fully saturated rings. The van der Waals surface area contributed by atoms with Gasteiger partial charge in [0.05, 0.1) is 0 Å². The first-order valence-corrected chi connectivity index (χ1v) is 5.36. The van der Waals surface area contributed by atoms with E-state index in [9.17, 15) is 13.2 Å². The third-order valence-electron chi connectivity index (χ3n) is 2.79. The predicted octanol–water partition coefficient (Wildman–Crippen LogP) is 3.20. The second kappa shape index (κ2) is 5.01. The molecule has 0 bridgehead atoms. The van der Waals surface area contributed by atoms with Crippen molar-refractivity contribution in [1.82, 2.24) is 4.90 Å². The van der Waals surface area contributed by atoms with Gasteiger partial charge in [-0.3, -0.25) is 4.90 Å². The SMILES string of the molecule is CCCCCN1CCCC1C(F)(F)F. The first-order valence-electron chi connectivity index (χ1n) is 5.36. The maximum Gasteiger partial charge on any atom is 0.404 e.